The number of carbonyl (C=O) groups excluding carboxylic acids is 1. The van der Waals surface area contributed by atoms with E-state index in [1.807, 2.05) is 50.2 Å². The molecule has 0 aromatic heterocycles. The van der Waals surface area contributed by atoms with E-state index in [2.05, 4.69) is 30.3 Å². The summed E-state index contributed by atoms with van der Waals surface area (Å²) >= 11 is 1.62. The molecule has 0 fully saturated rings. The van der Waals surface area contributed by atoms with Crippen molar-refractivity contribution in [1.82, 2.24) is 0 Å². The first-order valence-electron chi connectivity index (χ1n) is 11.5. The fourth-order valence-corrected chi connectivity index (χ4v) is 6.13. The Morgan fingerprint density at radius 1 is 0.970 bits per heavy atom. The molecule has 0 bridgehead atoms. The Labute approximate surface area is 202 Å². The van der Waals surface area contributed by atoms with E-state index in [-0.39, 0.29) is 17.5 Å². The van der Waals surface area contributed by atoms with E-state index in [9.17, 15) is 9.36 Å². The second-order valence-corrected chi connectivity index (χ2v) is 9.83. The molecule has 0 aliphatic rings. The summed E-state index contributed by atoms with van der Waals surface area (Å²) in [4.78, 5) is 13.8. The third-order valence-corrected chi connectivity index (χ3v) is 8.04. The molecule has 6 heteroatoms. The molecule has 0 saturated heterocycles. The van der Waals surface area contributed by atoms with Gasteiger partial charge in [0, 0.05) is 5.75 Å². The van der Waals surface area contributed by atoms with Crippen LogP contribution in [-0.4, -0.2) is 30.6 Å². The molecular weight excluding hydrogens is 451 g/mol. The maximum absolute atomic E-state index is 12.8. The highest BCUT2D eigenvalue weighted by molar-refractivity contribution is 7.99. The number of aryl methyl sites for hydroxylation is 1. The van der Waals surface area contributed by atoms with Gasteiger partial charge in [0.1, 0.15) is 11.7 Å². The Bertz CT molecular complexity index is 1040. The molecule has 0 radical (unpaired) electrons. The minimum atomic E-state index is -0.582. The average Bonchev–Trinajstić information content (AvgIpc) is 2.85. The van der Waals surface area contributed by atoms with Crippen LogP contribution in [0.5, 0.6) is 5.75 Å². The van der Waals surface area contributed by atoms with Gasteiger partial charge in [0.15, 0.2) is 5.66 Å². The predicted octanol–water partition coefficient (Wildman–Crippen LogP) is 6.93. The Morgan fingerprint density at radius 3 is 2.45 bits per heavy atom. The standard InChI is InChI=1S/C27H31O4PS/c1-3-30-24-18-17-21-14-8-9-15-22(21)26(24)33-19-25(32-29)23(27(28)31-4-2)16-10-13-20-11-6-5-7-12-20/h5-9,11-12,14-15,17-18,23,25H,3-4,10,13,16,19H2,1-2H3/p+1. The zero-order chi connectivity index (χ0) is 23.5. The van der Waals surface area contributed by atoms with E-state index in [0.717, 1.165) is 34.3 Å². The average molecular weight is 484 g/mol. The number of carbonyl (C=O) groups is 1. The van der Waals surface area contributed by atoms with Crippen molar-refractivity contribution in [3.8, 4) is 5.75 Å². The Kier molecular flexibility index (Phi) is 10.2. The molecule has 0 aliphatic heterocycles. The van der Waals surface area contributed by atoms with Crippen molar-refractivity contribution in [3.05, 3.63) is 72.3 Å². The van der Waals surface area contributed by atoms with Crippen molar-refractivity contribution < 1.29 is 18.8 Å². The fraction of sp³-hybridized carbons (Fsp3) is 0.370. The SMILES string of the molecule is CCOC(=O)C(CCCc1ccccc1)C(CSc1c(OCC)ccc2ccccc12)[PH+]=O. The van der Waals surface area contributed by atoms with E-state index in [0.29, 0.717) is 25.4 Å². The number of fused-ring (bicyclic) bond motifs is 1. The van der Waals surface area contributed by atoms with E-state index in [1.54, 1.807) is 11.8 Å². The molecule has 0 saturated carbocycles. The largest absolute Gasteiger partial charge is 0.493 e. The van der Waals surface area contributed by atoms with Crippen molar-refractivity contribution in [2.75, 3.05) is 19.0 Å². The third kappa shape index (κ3) is 7.06. The third-order valence-electron chi connectivity index (χ3n) is 5.60. The number of hydrogen-bond donors (Lipinski definition) is 0. The lowest BCUT2D eigenvalue weighted by molar-refractivity contribution is -0.148. The van der Waals surface area contributed by atoms with Crippen LogP contribution in [0.15, 0.2) is 71.6 Å². The maximum Gasteiger partial charge on any atom is 0.329 e. The van der Waals surface area contributed by atoms with E-state index < -0.39 is 8.46 Å². The second kappa shape index (κ2) is 13.4. The molecule has 3 unspecified atom stereocenters. The Balaban J connectivity index is 1.76. The summed E-state index contributed by atoms with van der Waals surface area (Å²) in [5.41, 5.74) is 0.964. The molecule has 0 aliphatic carbocycles. The van der Waals surface area contributed by atoms with Gasteiger partial charge in [-0.25, -0.2) is 0 Å². The van der Waals surface area contributed by atoms with Crippen molar-refractivity contribution in [2.45, 2.75) is 43.7 Å². The lowest BCUT2D eigenvalue weighted by atomic mass is 9.97. The van der Waals surface area contributed by atoms with Crippen LogP contribution >= 0.6 is 20.2 Å². The predicted molar refractivity (Wildman–Crippen MR) is 138 cm³/mol. The number of ether oxygens (including phenoxy) is 2. The number of benzene rings is 3. The Morgan fingerprint density at radius 2 is 1.73 bits per heavy atom. The Hall–Kier alpha value is -2.36. The molecule has 3 atom stereocenters. The molecule has 0 heterocycles. The van der Waals surface area contributed by atoms with Crippen LogP contribution in [0.1, 0.15) is 32.3 Å². The molecule has 3 aromatic carbocycles. The van der Waals surface area contributed by atoms with Crippen LogP contribution in [0.2, 0.25) is 0 Å². The van der Waals surface area contributed by atoms with Gasteiger partial charge >= 0.3 is 14.4 Å². The monoisotopic (exact) mass is 483 g/mol. The highest BCUT2D eigenvalue weighted by Gasteiger charge is 2.35. The van der Waals surface area contributed by atoms with Crippen molar-refractivity contribution in [1.29, 1.82) is 0 Å². The summed E-state index contributed by atoms with van der Waals surface area (Å²) in [5.74, 6) is 0.751. The van der Waals surface area contributed by atoms with Gasteiger partial charge in [-0.1, -0.05) is 65.2 Å². The van der Waals surface area contributed by atoms with Crippen molar-refractivity contribution in [3.63, 3.8) is 0 Å². The van der Waals surface area contributed by atoms with Crippen molar-refractivity contribution >= 4 is 37.0 Å². The minimum absolute atomic E-state index is 0.248. The highest BCUT2D eigenvalue weighted by atomic mass is 32.2. The van der Waals surface area contributed by atoms with Crippen LogP contribution in [0.3, 0.4) is 0 Å². The van der Waals surface area contributed by atoms with Gasteiger partial charge in [0.05, 0.1) is 18.1 Å². The smallest absolute Gasteiger partial charge is 0.329 e. The number of hydrogen-bond acceptors (Lipinski definition) is 5. The molecule has 0 spiro atoms. The van der Waals surface area contributed by atoms with Gasteiger partial charge in [-0.05, 0) is 55.5 Å². The van der Waals surface area contributed by atoms with Crippen LogP contribution in [-0.2, 0) is 20.5 Å². The summed E-state index contributed by atoms with van der Waals surface area (Å²) < 4.78 is 23.5. The van der Waals surface area contributed by atoms with Crippen molar-refractivity contribution in [2.24, 2.45) is 5.92 Å². The number of thioether (sulfide) groups is 1. The van der Waals surface area contributed by atoms with Crippen LogP contribution in [0.25, 0.3) is 10.8 Å². The normalized spacial score (nSPS) is 13.0. The molecule has 3 rings (SSSR count). The molecule has 0 N–H and O–H groups in total. The lowest BCUT2D eigenvalue weighted by Gasteiger charge is -2.18. The van der Waals surface area contributed by atoms with Gasteiger partial charge in [0.2, 0.25) is 0 Å². The summed E-state index contributed by atoms with van der Waals surface area (Å²) in [7, 11) is -0.582. The highest BCUT2D eigenvalue weighted by Crippen LogP contribution is 2.39. The second-order valence-electron chi connectivity index (χ2n) is 7.82. The van der Waals surface area contributed by atoms with Crippen LogP contribution in [0.4, 0.5) is 0 Å². The number of rotatable bonds is 13. The quantitative estimate of drug-likeness (QED) is 0.150. The molecular formula is C27H32O4PS+. The molecule has 3 aromatic rings. The van der Waals surface area contributed by atoms with Crippen LogP contribution < -0.4 is 4.74 Å². The van der Waals surface area contributed by atoms with Gasteiger partial charge in [-0.2, -0.15) is 0 Å². The summed E-state index contributed by atoms with van der Waals surface area (Å²) in [6.45, 7) is 4.68. The molecule has 33 heavy (non-hydrogen) atoms. The van der Waals surface area contributed by atoms with Gasteiger partial charge < -0.3 is 9.47 Å². The topological polar surface area (TPSA) is 52.6 Å². The van der Waals surface area contributed by atoms with E-state index >= 15 is 0 Å². The first-order chi connectivity index (χ1) is 16.2. The van der Waals surface area contributed by atoms with E-state index in [1.165, 1.54) is 5.56 Å². The zero-order valence-corrected chi connectivity index (χ0v) is 21.1. The summed E-state index contributed by atoms with van der Waals surface area (Å²) in [5, 5.41) is 2.24. The first-order valence-corrected chi connectivity index (χ1v) is 13.5. The summed E-state index contributed by atoms with van der Waals surface area (Å²) in [6.07, 6.45) is 2.38. The van der Waals surface area contributed by atoms with Gasteiger partial charge in [-0.3, -0.25) is 4.79 Å². The zero-order valence-electron chi connectivity index (χ0n) is 19.3. The van der Waals surface area contributed by atoms with Gasteiger partial charge in [-0.15, -0.1) is 11.8 Å². The number of esters is 1. The maximum atomic E-state index is 12.8. The minimum Gasteiger partial charge on any atom is -0.493 e. The van der Waals surface area contributed by atoms with E-state index in [4.69, 9.17) is 9.47 Å². The van der Waals surface area contributed by atoms with Crippen LogP contribution in [0, 0.1) is 5.92 Å². The molecule has 4 nitrogen and oxygen atoms in total. The lowest BCUT2D eigenvalue weighted by Crippen LogP contribution is -2.28. The molecule has 174 valence electrons. The summed E-state index contributed by atoms with van der Waals surface area (Å²) in [6, 6.07) is 22.5. The van der Waals surface area contributed by atoms with Gasteiger partial charge in [0.25, 0.3) is 0 Å². The fourth-order valence-electron chi connectivity index (χ4n) is 3.95. The first kappa shape index (κ1) is 25.3. The molecule has 0 amide bonds.